The van der Waals surface area contributed by atoms with Crippen LogP contribution in [0.1, 0.15) is 10.5 Å². The second kappa shape index (κ2) is 5.84. The number of aromatic nitrogens is 4. The summed E-state index contributed by atoms with van der Waals surface area (Å²) in [6.07, 6.45) is 6.44. The fourth-order valence-electron chi connectivity index (χ4n) is 2.07. The Hall–Kier alpha value is -2.10. The van der Waals surface area contributed by atoms with Crippen LogP contribution < -0.4 is 5.32 Å². The van der Waals surface area contributed by atoms with Crippen LogP contribution in [0.5, 0.6) is 0 Å². The minimum atomic E-state index is -0.317. The molecule has 0 saturated carbocycles. The normalized spacial score (nSPS) is 11.2. The minimum Gasteiger partial charge on any atom is -0.296 e. The van der Waals surface area contributed by atoms with Crippen LogP contribution in [0.25, 0.3) is 20.4 Å². The highest BCUT2D eigenvalue weighted by molar-refractivity contribution is 8.00. The van der Waals surface area contributed by atoms with Crippen molar-refractivity contribution in [3.8, 4) is 0 Å². The lowest BCUT2D eigenvalue weighted by molar-refractivity contribution is 0.102. The van der Waals surface area contributed by atoms with Crippen molar-refractivity contribution in [1.29, 1.82) is 0 Å². The molecule has 1 amide bonds. The average Bonchev–Trinajstić information content (AvgIpc) is 3.18. The van der Waals surface area contributed by atoms with Gasteiger partial charge in [-0.2, -0.15) is 0 Å². The third-order valence-electron chi connectivity index (χ3n) is 3.08. The van der Waals surface area contributed by atoms with E-state index in [0.717, 1.165) is 24.8 Å². The molecule has 23 heavy (non-hydrogen) atoms. The molecule has 4 rings (SSSR count). The molecule has 0 aliphatic rings. The first-order chi connectivity index (χ1) is 11.2. The lowest BCUT2D eigenvalue weighted by atomic mass is 10.3. The number of fused-ring (bicyclic) bond motifs is 3. The summed E-state index contributed by atoms with van der Waals surface area (Å²) >= 11 is 4.71. The number of carbonyl (C=O) groups is 1. The Morgan fingerprint density at radius 1 is 1.13 bits per heavy atom. The molecule has 6 nitrogen and oxygen atoms in total. The first kappa shape index (κ1) is 14.5. The highest BCUT2D eigenvalue weighted by Crippen LogP contribution is 2.37. The van der Waals surface area contributed by atoms with Gasteiger partial charge in [0.15, 0.2) is 9.47 Å². The third-order valence-corrected chi connectivity index (χ3v) is 6.29. The van der Waals surface area contributed by atoms with Crippen LogP contribution in [0.4, 0.5) is 5.13 Å². The van der Waals surface area contributed by atoms with E-state index in [4.69, 9.17) is 0 Å². The number of anilines is 1. The zero-order valence-corrected chi connectivity index (χ0v) is 14.3. The molecule has 3 aromatic heterocycles. The predicted octanol–water partition coefficient (Wildman–Crippen LogP) is 3.67. The van der Waals surface area contributed by atoms with Gasteiger partial charge in [-0.15, -0.1) is 11.3 Å². The smallest absolute Gasteiger partial charge is 0.277 e. The molecule has 0 radical (unpaired) electrons. The highest BCUT2D eigenvalue weighted by atomic mass is 32.2. The van der Waals surface area contributed by atoms with Crippen LogP contribution in [0.2, 0.25) is 0 Å². The maximum Gasteiger partial charge on any atom is 0.277 e. The summed E-state index contributed by atoms with van der Waals surface area (Å²) in [4.78, 5) is 29.1. The monoisotopic (exact) mass is 359 g/mol. The Morgan fingerprint density at radius 2 is 1.91 bits per heavy atom. The lowest BCUT2D eigenvalue weighted by Gasteiger charge is -1.98. The number of thioether (sulfide) groups is 1. The summed E-state index contributed by atoms with van der Waals surface area (Å²) in [7, 11) is 0. The quantitative estimate of drug-likeness (QED) is 0.562. The molecule has 4 aromatic rings. The van der Waals surface area contributed by atoms with Crippen molar-refractivity contribution < 1.29 is 4.79 Å². The van der Waals surface area contributed by atoms with Crippen LogP contribution >= 0.6 is 34.4 Å². The SMILES string of the molecule is CSc1nc2ccc3nc(NC(=O)c4cnccn4)sc3c2s1. The predicted molar refractivity (Wildman–Crippen MR) is 94.6 cm³/mol. The minimum absolute atomic E-state index is 0.263. The second-order valence-corrected chi connectivity index (χ2v) is 7.56. The average molecular weight is 359 g/mol. The van der Waals surface area contributed by atoms with Gasteiger partial charge in [-0.3, -0.25) is 15.1 Å². The van der Waals surface area contributed by atoms with Crippen molar-refractivity contribution in [2.45, 2.75) is 4.34 Å². The Morgan fingerprint density at radius 3 is 2.65 bits per heavy atom. The molecule has 0 spiro atoms. The zero-order chi connectivity index (χ0) is 15.8. The third kappa shape index (κ3) is 2.67. The number of benzene rings is 1. The second-order valence-electron chi connectivity index (χ2n) is 4.51. The molecule has 0 unspecified atom stereocenters. The van der Waals surface area contributed by atoms with Gasteiger partial charge in [0, 0.05) is 12.4 Å². The number of thiazole rings is 2. The molecule has 0 bridgehead atoms. The number of nitrogens with zero attached hydrogens (tertiary/aromatic N) is 4. The van der Waals surface area contributed by atoms with Gasteiger partial charge in [-0.05, 0) is 18.4 Å². The van der Waals surface area contributed by atoms with Crippen LogP contribution in [0.15, 0.2) is 35.1 Å². The maximum atomic E-state index is 12.1. The Bertz CT molecular complexity index is 1010. The van der Waals surface area contributed by atoms with E-state index in [2.05, 4.69) is 25.3 Å². The fourth-order valence-corrected chi connectivity index (χ4v) is 4.72. The maximum absolute atomic E-state index is 12.1. The van der Waals surface area contributed by atoms with Crippen molar-refractivity contribution in [3.05, 3.63) is 36.4 Å². The number of hydrogen-bond donors (Lipinski definition) is 1. The molecule has 1 aromatic carbocycles. The summed E-state index contributed by atoms with van der Waals surface area (Å²) in [6.45, 7) is 0. The Balaban J connectivity index is 1.72. The summed E-state index contributed by atoms with van der Waals surface area (Å²) in [5, 5.41) is 3.32. The van der Waals surface area contributed by atoms with Crippen molar-refractivity contribution in [2.24, 2.45) is 0 Å². The van der Waals surface area contributed by atoms with Gasteiger partial charge in [-0.25, -0.2) is 15.0 Å². The van der Waals surface area contributed by atoms with E-state index in [9.17, 15) is 4.79 Å². The van der Waals surface area contributed by atoms with Crippen LogP contribution in [-0.2, 0) is 0 Å². The summed E-state index contributed by atoms with van der Waals surface area (Å²) in [6, 6.07) is 3.89. The lowest BCUT2D eigenvalue weighted by Crippen LogP contribution is -2.13. The van der Waals surface area contributed by atoms with Crippen LogP contribution in [0, 0.1) is 0 Å². The number of amides is 1. The number of nitrogens with one attached hydrogen (secondary N) is 1. The molecular weight excluding hydrogens is 350 g/mol. The number of carbonyl (C=O) groups excluding carboxylic acids is 1. The van der Waals surface area contributed by atoms with E-state index < -0.39 is 0 Å². The molecule has 114 valence electrons. The number of hydrogen-bond acceptors (Lipinski definition) is 8. The fraction of sp³-hybridized carbons (Fsp3) is 0.0714. The van der Waals surface area contributed by atoms with E-state index >= 15 is 0 Å². The first-order valence-electron chi connectivity index (χ1n) is 6.56. The molecule has 0 aliphatic carbocycles. The molecule has 0 saturated heterocycles. The molecular formula is C14H9N5OS3. The van der Waals surface area contributed by atoms with Gasteiger partial charge in [0.25, 0.3) is 5.91 Å². The molecule has 0 atom stereocenters. The molecule has 0 fully saturated rings. The summed E-state index contributed by atoms with van der Waals surface area (Å²) in [5.41, 5.74) is 2.08. The molecule has 1 N–H and O–H groups in total. The van der Waals surface area contributed by atoms with E-state index in [1.54, 1.807) is 23.1 Å². The topological polar surface area (TPSA) is 80.7 Å². The van der Waals surface area contributed by atoms with Gasteiger partial charge in [-0.1, -0.05) is 23.1 Å². The zero-order valence-electron chi connectivity index (χ0n) is 11.8. The van der Waals surface area contributed by atoms with Gasteiger partial charge in [0.2, 0.25) is 0 Å². The molecule has 0 aliphatic heterocycles. The van der Waals surface area contributed by atoms with Crippen molar-refractivity contribution >= 4 is 65.9 Å². The van der Waals surface area contributed by atoms with Crippen molar-refractivity contribution in [2.75, 3.05) is 11.6 Å². The van der Waals surface area contributed by atoms with Gasteiger partial charge >= 0.3 is 0 Å². The van der Waals surface area contributed by atoms with Gasteiger partial charge in [0.05, 0.1) is 26.6 Å². The first-order valence-corrected chi connectivity index (χ1v) is 9.42. The van der Waals surface area contributed by atoms with Gasteiger partial charge < -0.3 is 0 Å². The standard InChI is InChI=1S/C14H9N5OS3/c1-21-14-18-8-3-2-7-10(11(8)23-14)22-13(17-7)19-12(20)9-6-15-4-5-16-9/h2-6H,1H3,(H,17,19,20). The molecule has 9 heteroatoms. The Kier molecular flexibility index (Phi) is 3.68. The summed E-state index contributed by atoms with van der Waals surface area (Å²) in [5.74, 6) is -0.317. The van der Waals surface area contributed by atoms with E-state index in [0.29, 0.717) is 5.13 Å². The van der Waals surface area contributed by atoms with Gasteiger partial charge in [0.1, 0.15) is 5.69 Å². The van der Waals surface area contributed by atoms with Crippen molar-refractivity contribution in [1.82, 2.24) is 19.9 Å². The van der Waals surface area contributed by atoms with Crippen molar-refractivity contribution in [3.63, 3.8) is 0 Å². The summed E-state index contributed by atoms with van der Waals surface area (Å²) < 4.78 is 3.16. The van der Waals surface area contributed by atoms with E-state index in [1.165, 1.54) is 29.9 Å². The van der Waals surface area contributed by atoms with E-state index in [1.807, 2.05) is 18.4 Å². The van der Waals surface area contributed by atoms with Crippen LogP contribution in [0.3, 0.4) is 0 Å². The number of rotatable bonds is 3. The van der Waals surface area contributed by atoms with Crippen LogP contribution in [-0.4, -0.2) is 32.1 Å². The largest absolute Gasteiger partial charge is 0.296 e. The van der Waals surface area contributed by atoms with E-state index in [-0.39, 0.29) is 11.6 Å². The molecule has 3 heterocycles. The highest BCUT2D eigenvalue weighted by Gasteiger charge is 2.14. The Labute approximate surface area is 143 Å².